The Bertz CT molecular complexity index is 1190. The number of rotatable bonds is 11. The van der Waals surface area contributed by atoms with Crippen molar-refractivity contribution in [2.24, 2.45) is 11.1 Å². The zero-order valence-corrected chi connectivity index (χ0v) is 23.9. The van der Waals surface area contributed by atoms with Crippen molar-refractivity contribution in [2.75, 3.05) is 0 Å². The van der Waals surface area contributed by atoms with Gasteiger partial charge in [-0.3, -0.25) is 9.54 Å². The minimum atomic E-state index is -5.00. The summed E-state index contributed by atoms with van der Waals surface area (Å²) in [6.07, 6.45) is -5.05. The summed E-state index contributed by atoms with van der Waals surface area (Å²) in [4.78, 5) is 4.38. The minimum Gasteiger partial charge on any atom is -0.264 e. The monoisotopic (exact) mass is 557 g/mol. The molecule has 2 atom stereocenters. The van der Waals surface area contributed by atoms with Crippen LogP contribution >= 0.6 is 0 Å². The van der Waals surface area contributed by atoms with E-state index in [9.17, 15) is 26.8 Å². The Morgan fingerprint density at radius 3 is 1.76 bits per heavy atom. The standard InChI is InChI=1S/C28H38F3NO5S/c1-9-19(8)25(36-33)20-10-12-21(13-11-20)27(28(29,30)31)32-37-38(34,35)26-23(17(4)5)14-22(16(2)3)15-24(26)18(6)7/h10-19,25,33H,9H2,1-8H3. The zero-order valence-electron chi connectivity index (χ0n) is 23.1. The summed E-state index contributed by atoms with van der Waals surface area (Å²) in [7, 11) is -4.70. The molecular formula is C28H38F3NO5S. The molecule has 212 valence electrons. The van der Waals surface area contributed by atoms with Gasteiger partial charge in [0.15, 0.2) is 5.71 Å². The number of hydrogen-bond donors (Lipinski definition) is 1. The van der Waals surface area contributed by atoms with Crippen LogP contribution in [0.3, 0.4) is 0 Å². The van der Waals surface area contributed by atoms with Crippen molar-refractivity contribution in [3.05, 3.63) is 64.2 Å². The quantitative estimate of drug-likeness (QED) is 0.171. The van der Waals surface area contributed by atoms with Gasteiger partial charge in [-0.05, 0) is 45.9 Å². The lowest BCUT2D eigenvalue weighted by molar-refractivity contribution is -0.293. The average Bonchev–Trinajstić information content (AvgIpc) is 2.83. The highest BCUT2D eigenvalue weighted by Crippen LogP contribution is 2.36. The smallest absolute Gasteiger partial charge is 0.264 e. The SMILES string of the molecule is CCC(C)C(OO)c1ccc(C(=NOS(=O)(=O)c2c(C(C)C)cc(C(C)C)cc2C(C)C)C(F)(F)F)cc1. The topological polar surface area (TPSA) is 85.2 Å². The van der Waals surface area contributed by atoms with Crippen LogP contribution < -0.4 is 0 Å². The Morgan fingerprint density at radius 1 is 0.895 bits per heavy atom. The van der Waals surface area contributed by atoms with Crippen LogP contribution in [-0.4, -0.2) is 25.6 Å². The highest BCUT2D eigenvalue weighted by molar-refractivity contribution is 7.86. The first-order valence-electron chi connectivity index (χ1n) is 12.7. The lowest BCUT2D eigenvalue weighted by Gasteiger charge is -2.22. The molecule has 0 amide bonds. The van der Waals surface area contributed by atoms with Crippen LogP contribution in [0.4, 0.5) is 13.2 Å². The second kappa shape index (κ2) is 12.6. The molecule has 1 N–H and O–H groups in total. The third-order valence-electron chi connectivity index (χ3n) is 6.61. The number of hydrogen-bond acceptors (Lipinski definition) is 6. The normalized spacial score (nSPS) is 14.9. The van der Waals surface area contributed by atoms with E-state index in [0.717, 1.165) is 17.7 Å². The first-order chi connectivity index (χ1) is 17.5. The Hall–Kier alpha value is -2.43. The van der Waals surface area contributed by atoms with Crippen molar-refractivity contribution in [3.8, 4) is 0 Å². The lowest BCUT2D eigenvalue weighted by Crippen LogP contribution is -2.25. The van der Waals surface area contributed by atoms with E-state index >= 15 is 0 Å². The van der Waals surface area contributed by atoms with Gasteiger partial charge in [-0.15, -0.1) is 0 Å². The van der Waals surface area contributed by atoms with E-state index in [-0.39, 0.29) is 34.1 Å². The van der Waals surface area contributed by atoms with Crippen molar-refractivity contribution < 1.29 is 36.0 Å². The molecule has 2 aromatic carbocycles. The number of alkyl halides is 3. The summed E-state index contributed by atoms with van der Waals surface area (Å²) >= 11 is 0. The molecule has 0 aliphatic carbocycles. The molecule has 0 saturated carbocycles. The third-order valence-corrected chi connectivity index (χ3v) is 7.85. The first kappa shape index (κ1) is 31.8. The summed E-state index contributed by atoms with van der Waals surface area (Å²) in [5.74, 6) is -0.435. The number of nitrogens with zero attached hydrogens (tertiary/aromatic N) is 1. The summed E-state index contributed by atoms with van der Waals surface area (Å²) in [6, 6.07) is 8.56. The summed E-state index contributed by atoms with van der Waals surface area (Å²) in [5.41, 5.74) is 0.447. The van der Waals surface area contributed by atoms with E-state index in [1.807, 2.05) is 55.4 Å². The van der Waals surface area contributed by atoms with Crippen LogP contribution in [0.1, 0.15) is 113 Å². The Kier molecular flexibility index (Phi) is 10.6. The molecule has 0 aliphatic rings. The van der Waals surface area contributed by atoms with Gasteiger partial charge in [0, 0.05) is 5.56 Å². The van der Waals surface area contributed by atoms with E-state index in [1.54, 1.807) is 12.1 Å². The van der Waals surface area contributed by atoms with Crippen molar-refractivity contribution in [2.45, 2.75) is 96.7 Å². The second-order valence-electron chi connectivity index (χ2n) is 10.5. The molecule has 0 fully saturated rings. The maximum absolute atomic E-state index is 14.0. The summed E-state index contributed by atoms with van der Waals surface area (Å²) in [6.45, 7) is 15.0. The van der Waals surface area contributed by atoms with E-state index < -0.39 is 28.1 Å². The molecule has 6 nitrogen and oxygen atoms in total. The molecular weight excluding hydrogens is 519 g/mol. The minimum absolute atomic E-state index is 0.0949. The Labute approximate surface area is 223 Å². The van der Waals surface area contributed by atoms with Crippen LogP contribution in [0.2, 0.25) is 0 Å². The highest BCUT2D eigenvalue weighted by atomic mass is 32.2. The van der Waals surface area contributed by atoms with Crippen LogP contribution in [0, 0.1) is 5.92 Å². The van der Waals surface area contributed by atoms with E-state index in [1.165, 1.54) is 12.1 Å². The fourth-order valence-corrected chi connectivity index (χ4v) is 5.52. The maximum Gasteiger partial charge on any atom is 0.437 e. The van der Waals surface area contributed by atoms with Crippen molar-refractivity contribution >= 4 is 15.8 Å². The number of oxime groups is 1. The van der Waals surface area contributed by atoms with Gasteiger partial charge in [0.25, 0.3) is 0 Å². The van der Waals surface area contributed by atoms with Gasteiger partial charge in [-0.25, -0.2) is 4.89 Å². The van der Waals surface area contributed by atoms with Gasteiger partial charge in [0.1, 0.15) is 11.0 Å². The van der Waals surface area contributed by atoms with Gasteiger partial charge in [-0.1, -0.05) is 103 Å². The van der Waals surface area contributed by atoms with Crippen LogP contribution in [-0.2, 0) is 19.3 Å². The molecule has 0 heterocycles. The van der Waals surface area contributed by atoms with Crippen molar-refractivity contribution in [1.82, 2.24) is 0 Å². The first-order valence-corrected chi connectivity index (χ1v) is 14.1. The summed E-state index contributed by atoms with van der Waals surface area (Å²) in [5, 5.41) is 12.4. The largest absolute Gasteiger partial charge is 0.437 e. The molecule has 0 radical (unpaired) electrons. The third kappa shape index (κ3) is 7.36. The molecule has 38 heavy (non-hydrogen) atoms. The molecule has 0 aromatic heterocycles. The molecule has 0 spiro atoms. The molecule has 0 bridgehead atoms. The molecule has 2 aromatic rings. The highest BCUT2D eigenvalue weighted by Gasteiger charge is 2.39. The van der Waals surface area contributed by atoms with Gasteiger partial charge in [0.2, 0.25) is 0 Å². The van der Waals surface area contributed by atoms with Gasteiger partial charge in [0.05, 0.1) is 0 Å². The number of halogens is 3. The zero-order chi connectivity index (χ0) is 29.0. The lowest BCUT2D eigenvalue weighted by atomic mass is 9.89. The van der Waals surface area contributed by atoms with Crippen LogP contribution in [0.15, 0.2) is 46.4 Å². The summed E-state index contributed by atoms with van der Waals surface area (Å²) < 4.78 is 73.5. The van der Waals surface area contributed by atoms with E-state index in [4.69, 9.17) is 4.28 Å². The Balaban J connectivity index is 2.60. The number of benzene rings is 2. The van der Waals surface area contributed by atoms with E-state index in [0.29, 0.717) is 23.1 Å². The molecule has 2 rings (SSSR count). The molecule has 0 saturated heterocycles. The fraction of sp³-hybridized carbons (Fsp3) is 0.536. The van der Waals surface area contributed by atoms with Gasteiger partial charge >= 0.3 is 16.3 Å². The fourth-order valence-electron chi connectivity index (χ4n) is 4.11. The van der Waals surface area contributed by atoms with Crippen molar-refractivity contribution in [3.63, 3.8) is 0 Å². The molecule has 10 heteroatoms. The van der Waals surface area contributed by atoms with Crippen LogP contribution in [0.25, 0.3) is 0 Å². The van der Waals surface area contributed by atoms with Crippen LogP contribution in [0.5, 0.6) is 0 Å². The van der Waals surface area contributed by atoms with Gasteiger partial charge < -0.3 is 0 Å². The predicted octanol–water partition coefficient (Wildman–Crippen LogP) is 8.31. The van der Waals surface area contributed by atoms with E-state index in [2.05, 4.69) is 10.0 Å². The second-order valence-corrected chi connectivity index (χ2v) is 12.0. The molecule has 0 aliphatic heterocycles. The maximum atomic E-state index is 14.0. The predicted molar refractivity (Wildman–Crippen MR) is 142 cm³/mol. The Morgan fingerprint density at radius 2 is 1.39 bits per heavy atom. The molecule has 2 unspecified atom stereocenters. The average molecular weight is 558 g/mol. The van der Waals surface area contributed by atoms with Crippen molar-refractivity contribution in [1.29, 1.82) is 0 Å². The van der Waals surface area contributed by atoms with Gasteiger partial charge in [-0.2, -0.15) is 21.6 Å².